The third kappa shape index (κ3) is 1.96. The Bertz CT molecular complexity index is 402. The zero-order valence-electron chi connectivity index (χ0n) is 8.97. The van der Waals surface area contributed by atoms with E-state index < -0.39 is 5.97 Å². The maximum absolute atomic E-state index is 11.4. The Morgan fingerprint density at radius 2 is 2.50 bits per heavy atom. The zero-order chi connectivity index (χ0) is 11.5. The molecule has 6 nitrogen and oxygen atoms in total. The molecular formula is C10H13N3O3. The summed E-state index contributed by atoms with van der Waals surface area (Å²) in [7, 11) is 1.29. The topological polar surface area (TPSA) is 87.3 Å². The molecule has 1 aromatic heterocycles. The Morgan fingerprint density at radius 1 is 1.69 bits per heavy atom. The van der Waals surface area contributed by atoms with E-state index in [0.29, 0.717) is 13.2 Å². The summed E-state index contributed by atoms with van der Waals surface area (Å²) in [6.07, 6.45) is 2.47. The molecule has 1 aliphatic heterocycles. The van der Waals surface area contributed by atoms with Crippen LogP contribution >= 0.6 is 0 Å². The van der Waals surface area contributed by atoms with Gasteiger partial charge in [-0.3, -0.25) is 0 Å². The molecule has 0 spiro atoms. The predicted molar refractivity (Wildman–Crippen MR) is 56.0 cm³/mol. The SMILES string of the molecule is COC(=O)c1nc([C@@H]2CCOC2)cnc1N. The van der Waals surface area contributed by atoms with Gasteiger partial charge in [-0.1, -0.05) is 0 Å². The molecule has 2 rings (SSSR count). The van der Waals surface area contributed by atoms with Gasteiger partial charge in [0.2, 0.25) is 0 Å². The molecule has 2 heterocycles. The molecule has 0 unspecified atom stereocenters. The van der Waals surface area contributed by atoms with Gasteiger partial charge in [-0.05, 0) is 6.42 Å². The maximum Gasteiger partial charge on any atom is 0.360 e. The van der Waals surface area contributed by atoms with E-state index in [1.165, 1.54) is 7.11 Å². The van der Waals surface area contributed by atoms with Crippen molar-refractivity contribution in [3.05, 3.63) is 17.6 Å². The predicted octanol–water partition coefficient (Wildman–Crippen LogP) is 0.349. The van der Waals surface area contributed by atoms with Crippen LogP contribution in [0, 0.1) is 0 Å². The molecule has 6 heteroatoms. The highest BCUT2D eigenvalue weighted by Gasteiger charge is 2.22. The Hall–Kier alpha value is -1.69. The van der Waals surface area contributed by atoms with Gasteiger partial charge in [0.05, 0.1) is 25.6 Å². The van der Waals surface area contributed by atoms with E-state index in [0.717, 1.165) is 12.1 Å². The zero-order valence-corrected chi connectivity index (χ0v) is 8.97. The van der Waals surface area contributed by atoms with Gasteiger partial charge in [0.1, 0.15) is 0 Å². The van der Waals surface area contributed by atoms with Crippen LogP contribution in [0.1, 0.15) is 28.5 Å². The number of carbonyl (C=O) groups is 1. The van der Waals surface area contributed by atoms with Crippen molar-refractivity contribution in [1.82, 2.24) is 9.97 Å². The first-order valence-electron chi connectivity index (χ1n) is 5.01. The molecule has 0 aromatic carbocycles. The molecule has 0 amide bonds. The summed E-state index contributed by atoms with van der Waals surface area (Å²) in [5, 5.41) is 0. The molecule has 1 saturated heterocycles. The van der Waals surface area contributed by atoms with Crippen molar-refractivity contribution in [2.75, 3.05) is 26.1 Å². The normalized spacial score (nSPS) is 19.7. The van der Waals surface area contributed by atoms with Crippen molar-refractivity contribution >= 4 is 11.8 Å². The summed E-state index contributed by atoms with van der Waals surface area (Å²) in [5.74, 6) is -0.281. The van der Waals surface area contributed by atoms with E-state index in [1.807, 2.05) is 0 Å². The average Bonchev–Trinajstić information content (AvgIpc) is 2.82. The van der Waals surface area contributed by atoms with Gasteiger partial charge < -0.3 is 15.2 Å². The van der Waals surface area contributed by atoms with E-state index in [-0.39, 0.29) is 17.4 Å². The first-order chi connectivity index (χ1) is 7.72. The number of esters is 1. The van der Waals surface area contributed by atoms with Crippen molar-refractivity contribution in [3.8, 4) is 0 Å². The van der Waals surface area contributed by atoms with Crippen LogP contribution in [0.5, 0.6) is 0 Å². The second-order valence-electron chi connectivity index (χ2n) is 3.58. The van der Waals surface area contributed by atoms with Crippen LogP contribution in [0.2, 0.25) is 0 Å². The van der Waals surface area contributed by atoms with E-state index in [4.69, 9.17) is 10.5 Å². The van der Waals surface area contributed by atoms with Gasteiger partial charge >= 0.3 is 5.97 Å². The molecule has 1 aliphatic rings. The van der Waals surface area contributed by atoms with Gasteiger partial charge in [-0.15, -0.1) is 0 Å². The number of ether oxygens (including phenoxy) is 2. The molecule has 86 valence electrons. The lowest BCUT2D eigenvalue weighted by molar-refractivity contribution is 0.0594. The maximum atomic E-state index is 11.4. The smallest absolute Gasteiger partial charge is 0.360 e. The third-order valence-corrected chi connectivity index (χ3v) is 2.55. The molecule has 1 fully saturated rings. The number of aromatic nitrogens is 2. The van der Waals surface area contributed by atoms with Crippen LogP contribution < -0.4 is 5.73 Å². The highest BCUT2D eigenvalue weighted by Crippen LogP contribution is 2.24. The molecule has 0 aliphatic carbocycles. The number of anilines is 1. The monoisotopic (exact) mass is 223 g/mol. The summed E-state index contributed by atoms with van der Waals surface area (Å²) in [5.41, 5.74) is 6.36. The number of nitrogens with two attached hydrogens (primary N) is 1. The number of nitrogen functional groups attached to an aromatic ring is 1. The Kier molecular flexibility index (Phi) is 3.00. The van der Waals surface area contributed by atoms with Crippen LogP contribution in [-0.2, 0) is 9.47 Å². The average molecular weight is 223 g/mol. The summed E-state index contributed by atoms with van der Waals surface area (Å²) < 4.78 is 9.84. The van der Waals surface area contributed by atoms with Gasteiger partial charge in [-0.2, -0.15) is 0 Å². The van der Waals surface area contributed by atoms with Crippen molar-refractivity contribution in [2.45, 2.75) is 12.3 Å². The van der Waals surface area contributed by atoms with Gasteiger partial charge in [0.15, 0.2) is 11.5 Å². The van der Waals surface area contributed by atoms with E-state index in [9.17, 15) is 4.79 Å². The molecule has 16 heavy (non-hydrogen) atoms. The van der Waals surface area contributed by atoms with Crippen LogP contribution in [-0.4, -0.2) is 36.3 Å². The Balaban J connectivity index is 2.30. The molecule has 0 bridgehead atoms. The van der Waals surface area contributed by atoms with Crippen molar-refractivity contribution in [3.63, 3.8) is 0 Å². The van der Waals surface area contributed by atoms with Crippen LogP contribution in [0.4, 0.5) is 5.82 Å². The van der Waals surface area contributed by atoms with E-state index >= 15 is 0 Å². The van der Waals surface area contributed by atoms with Crippen LogP contribution in [0.3, 0.4) is 0 Å². The number of methoxy groups -OCH3 is 1. The summed E-state index contributed by atoms with van der Waals surface area (Å²) in [6.45, 7) is 1.32. The van der Waals surface area contributed by atoms with E-state index in [1.54, 1.807) is 6.20 Å². The third-order valence-electron chi connectivity index (χ3n) is 2.55. The molecule has 0 saturated carbocycles. The lowest BCUT2D eigenvalue weighted by Gasteiger charge is -2.08. The van der Waals surface area contributed by atoms with Gasteiger partial charge in [-0.25, -0.2) is 14.8 Å². The summed E-state index contributed by atoms with van der Waals surface area (Å²) >= 11 is 0. The minimum atomic E-state index is -0.564. The fourth-order valence-corrected chi connectivity index (χ4v) is 1.62. The number of hydrogen-bond acceptors (Lipinski definition) is 6. The fraction of sp³-hybridized carbons (Fsp3) is 0.500. The quantitative estimate of drug-likeness (QED) is 0.728. The van der Waals surface area contributed by atoms with Gasteiger partial charge in [0.25, 0.3) is 0 Å². The minimum absolute atomic E-state index is 0.0758. The molecule has 0 radical (unpaired) electrons. The summed E-state index contributed by atoms with van der Waals surface area (Å²) in [6, 6.07) is 0. The second kappa shape index (κ2) is 4.44. The Morgan fingerprint density at radius 3 is 3.12 bits per heavy atom. The highest BCUT2D eigenvalue weighted by molar-refractivity contribution is 5.91. The Labute approximate surface area is 92.8 Å². The van der Waals surface area contributed by atoms with E-state index in [2.05, 4.69) is 14.7 Å². The number of rotatable bonds is 2. The fourth-order valence-electron chi connectivity index (χ4n) is 1.62. The minimum Gasteiger partial charge on any atom is -0.464 e. The van der Waals surface area contributed by atoms with Crippen molar-refractivity contribution in [1.29, 1.82) is 0 Å². The second-order valence-corrected chi connectivity index (χ2v) is 3.58. The molecule has 1 atom stereocenters. The van der Waals surface area contributed by atoms with Crippen LogP contribution in [0.25, 0.3) is 0 Å². The first-order valence-corrected chi connectivity index (χ1v) is 5.01. The largest absolute Gasteiger partial charge is 0.464 e. The van der Waals surface area contributed by atoms with Gasteiger partial charge in [0, 0.05) is 12.5 Å². The molecule has 1 aromatic rings. The van der Waals surface area contributed by atoms with Crippen molar-refractivity contribution < 1.29 is 14.3 Å². The molecular weight excluding hydrogens is 210 g/mol. The van der Waals surface area contributed by atoms with Crippen LogP contribution in [0.15, 0.2) is 6.20 Å². The lowest BCUT2D eigenvalue weighted by Crippen LogP contribution is -2.13. The first kappa shape index (κ1) is 10.8. The molecule has 2 N–H and O–H groups in total. The van der Waals surface area contributed by atoms with Crippen molar-refractivity contribution in [2.24, 2.45) is 0 Å². The summed E-state index contributed by atoms with van der Waals surface area (Å²) in [4.78, 5) is 19.5. The highest BCUT2D eigenvalue weighted by atomic mass is 16.5. The standard InChI is InChI=1S/C10H13N3O3/c1-15-10(14)8-9(11)12-4-7(13-8)6-2-3-16-5-6/h4,6H,2-3,5H2,1H3,(H2,11,12)/t6-/m1/s1. The lowest BCUT2D eigenvalue weighted by atomic mass is 10.1. The number of nitrogens with zero attached hydrogens (tertiary/aromatic N) is 2. The number of carbonyl (C=O) groups excluding carboxylic acids is 1. The number of hydrogen-bond donors (Lipinski definition) is 1.